The first-order valence-electron chi connectivity index (χ1n) is 8.69. The number of likely N-dealkylation sites (N-methyl/N-ethyl adjacent to an activating group) is 1. The van der Waals surface area contributed by atoms with Crippen LogP contribution in [0, 0.1) is 5.92 Å². The van der Waals surface area contributed by atoms with Gasteiger partial charge in [0.25, 0.3) is 5.91 Å². The van der Waals surface area contributed by atoms with Gasteiger partial charge in [0.15, 0.2) is 10.9 Å². The quantitative estimate of drug-likeness (QED) is 0.777. The van der Waals surface area contributed by atoms with Crippen LogP contribution in [0.4, 0.5) is 0 Å². The Hall–Kier alpha value is -2.55. The van der Waals surface area contributed by atoms with Crippen LogP contribution in [0.25, 0.3) is 5.52 Å². The van der Waals surface area contributed by atoms with Crippen LogP contribution < -0.4 is 0 Å². The first-order valence-corrected chi connectivity index (χ1v) is 9.92. The summed E-state index contributed by atoms with van der Waals surface area (Å²) in [5.74, 6) is -2.00. The van der Waals surface area contributed by atoms with E-state index < -0.39 is 11.9 Å². The van der Waals surface area contributed by atoms with Crippen molar-refractivity contribution in [2.75, 3.05) is 32.9 Å². The van der Waals surface area contributed by atoms with Crippen molar-refractivity contribution < 1.29 is 19.5 Å². The number of carboxylic acid groups (broad SMARTS) is 1. The molecule has 1 atom stereocenters. The van der Waals surface area contributed by atoms with Crippen molar-refractivity contribution in [3.8, 4) is 0 Å². The van der Waals surface area contributed by atoms with Gasteiger partial charge >= 0.3 is 5.97 Å². The summed E-state index contributed by atoms with van der Waals surface area (Å²) in [7, 11) is 1.56. The number of amides is 2. The number of imidazole rings is 1. The Labute approximate surface area is 161 Å². The molecule has 1 fully saturated rings. The minimum absolute atomic E-state index is 0.106. The maximum absolute atomic E-state index is 12.9. The van der Waals surface area contributed by atoms with Crippen molar-refractivity contribution in [1.82, 2.24) is 19.2 Å². The van der Waals surface area contributed by atoms with Gasteiger partial charge in [-0.15, -0.1) is 0 Å². The third-order valence-corrected chi connectivity index (χ3v) is 5.40. The SMILES string of the molecule is CSc1nc(C(=O)N(C)CC(=O)N2CCCC(C(=O)O)C2)c2ccccn12. The predicted octanol–water partition coefficient (Wildman–Crippen LogP) is 1.45. The molecule has 3 rings (SSSR count). The van der Waals surface area contributed by atoms with E-state index in [-0.39, 0.29) is 24.9 Å². The minimum Gasteiger partial charge on any atom is -0.481 e. The molecule has 8 nitrogen and oxygen atoms in total. The van der Waals surface area contributed by atoms with E-state index in [4.69, 9.17) is 5.11 Å². The molecule has 0 bridgehead atoms. The number of rotatable bonds is 5. The summed E-state index contributed by atoms with van der Waals surface area (Å²) in [5, 5.41) is 9.87. The average molecular weight is 390 g/mol. The average Bonchev–Trinajstić information content (AvgIpc) is 3.06. The Morgan fingerprint density at radius 2 is 2.15 bits per heavy atom. The minimum atomic E-state index is -0.883. The molecule has 1 aliphatic heterocycles. The number of carbonyl (C=O) groups excluding carboxylic acids is 2. The van der Waals surface area contributed by atoms with Crippen molar-refractivity contribution in [3.05, 3.63) is 30.1 Å². The molecule has 0 saturated carbocycles. The smallest absolute Gasteiger partial charge is 0.308 e. The van der Waals surface area contributed by atoms with Crippen molar-refractivity contribution in [2.45, 2.75) is 18.0 Å². The second-order valence-electron chi connectivity index (χ2n) is 6.58. The van der Waals surface area contributed by atoms with Gasteiger partial charge in [0.2, 0.25) is 5.91 Å². The predicted molar refractivity (Wildman–Crippen MR) is 101 cm³/mol. The summed E-state index contributed by atoms with van der Waals surface area (Å²) in [4.78, 5) is 43.9. The molecule has 2 amide bonds. The van der Waals surface area contributed by atoms with Crippen LogP contribution in [-0.2, 0) is 9.59 Å². The Morgan fingerprint density at radius 3 is 2.85 bits per heavy atom. The monoisotopic (exact) mass is 390 g/mol. The topological polar surface area (TPSA) is 95.2 Å². The fourth-order valence-electron chi connectivity index (χ4n) is 3.27. The lowest BCUT2D eigenvalue weighted by Gasteiger charge is -2.31. The summed E-state index contributed by atoms with van der Waals surface area (Å²) in [6.45, 7) is 0.612. The van der Waals surface area contributed by atoms with E-state index in [9.17, 15) is 14.4 Å². The van der Waals surface area contributed by atoms with Gasteiger partial charge in [-0.05, 0) is 31.2 Å². The van der Waals surface area contributed by atoms with Crippen molar-refractivity contribution in [3.63, 3.8) is 0 Å². The molecule has 2 aromatic heterocycles. The highest BCUT2D eigenvalue weighted by Gasteiger charge is 2.29. The van der Waals surface area contributed by atoms with Gasteiger partial charge in [-0.25, -0.2) is 4.98 Å². The highest BCUT2D eigenvalue weighted by atomic mass is 32.2. The lowest BCUT2D eigenvalue weighted by atomic mass is 9.98. The van der Waals surface area contributed by atoms with E-state index >= 15 is 0 Å². The first-order chi connectivity index (χ1) is 12.9. The molecular formula is C18H22N4O4S. The molecule has 27 heavy (non-hydrogen) atoms. The Morgan fingerprint density at radius 1 is 1.37 bits per heavy atom. The molecule has 9 heteroatoms. The normalized spacial score (nSPS) is 17.1. The number of fused-ring (bicyclic) bond motifs is 1. The van der Waals surface area contributed by atoms with E-state index in [0.29, 0.717) is 35.8 Å². The van der Waals surface area contributed by atoms with Gasteiger partial charge in [-0.1, -0.05) is 17.8 Å². The Balaban J connectivity index is 1.73. The van der Waals surface area contributed by atoms with Crippen LogP contribution >= 0.6 is 11.8 Å². The van der Waals surface area contributed by atoms with Crippen LogP contribution in [0.3, 0.4) is 0 Å². The molecule has 0 radical (unpaired) electrons. The van der Waals surface area contributed by atoms with E-state index in [1.165, 1.54) is 21.6 Å². The van der Waals surface area contributed by atoms with Crippen molar-refractivity contribution in [1.29, 1.82) is 0 Å². The molecule has 3 heterocycles. The van der Waals surface area contributed by atoms with Crippen LogP contribution in [-0.4, -0.2) is 75.0 Å². The third kappa shape index (κ3) is 3.92. The maximum Gasteiger partial charge on any atom is 0.308 e. The number of piperidine rings is 1. The first kappa shape index (κ1) is 19.2. The zero-order valence-electron chi connectivity index (χ0n) is 15.3. The number of aromatic nitrogens is 2. The van der Waals surface area contributed by atoms with Crippen LogP contribution in [0.15, 0.2) is 29.6 Å². The Kier molecular flexibility index (Phi) is 5.69. The fraction of sp³-hybridized carbons (Fsp3) is 0.444. The Bertz CT molecular complexity index is 881. The van der Waals surface area contributed by atoms with Gasteiger partial charge in [-0.3, -0.25) is 18.8 Å². The lowest BCUT2D eigenvalue weighted by Crippen LogP contribution is -2.47. The largest absolute Gasteiger partial charge is 0.481 e. The van der Waals surface area contributed by atoms with Gasteiger partial charge in [0.1, 0.15) is 0 Å². The highest BCUT2D eigenvalue weighted by Crippen LogP contribution is 2.21. The molecular weight excluding hydrogens is 368 g/mol. The van der Waals surface area contributed by atoms with Gasteiger partial charge in [0, 0.05) is 26.3 Å². The molecule has 144 valence electrons. The summed E-state index contributed by atoms with van der Waals surface area (Å²) in [6.07, 6.45) is 4.96. The molecule has 1 unspecified atom stereocenters. The third-order valence-electron chi connectivity index (χ3n) is 4.74. The second kappa shape index (κ2) is 7.99. The number of thioether (sulfide) groups is 1. The maximum atomic E-state index is 12.9. The molecule has 2 aromatic rings. The highest BCUT2D eigenvalue weighted by molar-refractivity contribution is 7.98. The second-order valence-corrected chi connectivity index (χ2v) is 7.35. The summed E-state index contributed by atoms with van der Waals surface area (Å²) >= 11 is 1.44. The fourth-order valence-corrected chi connectivity index (χ4v) is 3.81. The van der Waals surface area contributed by atoms with Crippen LogP contribution in [0.1, 0.15) is 23.3 Å². The van der Waals surface area contributed by atoms with Gasteiger partial charge in [0.05, 0.1) is 18.0 Å². The number of carbonyl (C=O) groups is 3. The van der Waals surface area contributed by atoms with Crippen molar-refractivity contribution >= 4 is 35.1 Å². The lowest BCUT2D eigenvalue weighted by molar-refractivity contribution is -0.145. The molecule has 1 saturated heterocycles. The van der Waals surface area contributed by atoms with E-state index in [0.717, 1.165) is 0 Å². The zero-order chi connectivity index (χ0) is 19.6. The summed E-state index contributed by atoms with van der Waals surface area (Å²) < 4.78 is 1.84. The van der Waals surface area contributed by atoms with Crippen LogP contribution in [0.5, 0.6) is 0 Å². The van der Waals surface area contributed by atoms with Gasteiger partial charge in [-0.2, -0.15) is 0 Å². The number of aliphatic carboxylic acids is 1. The molecule has 1 N–H and O–H groups in total. The molecule has 0 spiro atoms. The number of pyridine rings is 1. The number of hydrogen-bond acceptors (Lipinski definition) is 5. The molecule has 1 aliphatic rings. The number of likely N-dealkylation sites (tertiary alicyclic amines) is 1. The van der Waals surface area contributed by atoms with Crippen molar-refractivity contribution in [2.24, 2.45) is 5.92 Å². The summed E-state index contributed by atoms with van der Waals surface area (Å²) in [6, 6.07) is 5.52. The van der Waals surface area contributed by atoms with E-state index in [2.05, 4.69) is 4.98 Å². The van der Waals surface area contributed by atoms with Crippen LogP contribution in [0.2, 0.25) is 0 Å². The number of carboxylic acids is 1. The summed E-state index contributed by atoms with van der Waals surface area (Å²) in [5.41, 5.74) is 0.993. The number of hydrogen-bond donors (Lipinski definition) is 1. The van der Waals surface area contributed by atoms with E-state index in [1.54, 1.807) is 7.05 Å². The standard InChI is InChI=1S/C18H22N4O4S/c1-20(11-14(23)21-8-5-6-12(10-21)17(25)26)16(24)15-13-7-3-4-9-22(13)18(19-15)27-2/h3-4,7,9,12H,5-6,8,10-11H2,1-2H3,(H,25,26). The van der Waals surface area contributed by atoms with Gasteiger partial charge < -0.3 is 14.9 Å². The number of nitrogens with zero attached hydrogens (tertiary/aromatic N) is 4. The molecule has 0 aromatic carbocycles. The zero-order valence-corrected chi connectivity index (χ0v) is 16.1. The molecule has 0 aliphatic carbocycles. The van der Waals surface area contributed by atoms with E-state index in [1.807, 2.05) is 35.1 Å².